The molecule has 0 aliphatic carbocycles. The van der Waals surface area contributed by atoms with Crippen LogP contribution in [0.1, 0.15) is 56.1 Å². The summed E-state index contributed by atoms with van der Waals surface area (Å²) < 4.78 is 12.2. The van der Waals surface area contributed by atoms with Crippen molar-refractivity contribution in [2.24, 2.45) is 0 Å². The molecular formula is C19H24IO5S+. The molecule has 3 atom stereocenters. The maximum absolute atomic E-state index is 12.4. The van der Waals surface area contributed by atoms with Crippen molar-refractivity contribution in [3.05, 3.63) is 32.9 Å². The third-order valence-corrected chi connectivity index (χ3v) is 7.29. The fourth-order valence-electron chi connectivity index (χ4n) is 2.86. The minimum atomic E-state index is -0.692. The second kappa shape index (κ2) is 9.32. The van der Waals surface area contributed by atoms with E-state index in [9.17, 15) is 14.4 Å². The van der Waals surface area contributed by atoms with Gasteiger partial charge in [0.05, 0.1) is 29.2 Å². The first kappa shape index (κ1) is 21.4. The fraction of sp³-hybridized carbons (Fsp3) is 0.526. The summed E-state index contributed by atoms with van der Waals surface area (Å²) in [7, 11) is -0.692. The van der Waals surface area contributed by atoms with E-state index in [0.29, 0.717) is 16.9 Å². The standard InChI is InChI=1S/C19H24IO5S/c1-5-24-19(23)15-8-13(20)6-7-14(15)17(25-11(2)3)10-26-12(4)16(21)9-18(26)22/h6-8,11-12,17H,5,9-10H2,1-4H3/q+1. The van der Waals surface area contributed by atoms with Gasteiger partial charge in [-0.2, -0.15) is 0 Å². The van der Waals surface area contributed by atoms with Gasteiger partial charge in [0, 0.05) is 9.13 Å². The van der Waals surface area contributed by atoms with Crippen LogP contribution in [0.25, 0.3) is 0 Å². The normalized spacial score (nSPS) is 21.3. The molecule has 1 aliphatic rings. The maximum atomic E-state index is 12.4. The summed E-state index contributed by atoms with van der Waals surface area (Å²) in [6.07, 6.45) is -0.510. The SMILES string of the molecule is CCOC(=O)c1cc(I)ccc1C(C[S+]1C(=O)CC(=O)C1C)OC(C)C. The number of hydrogen-bond acceptors (Lipinski definition) is 5. The van der Waals surface area contributed by atoms with E-state index in [0.717, 1.165) is 3.57 Å². The number of benzene rings is 1. The summed E-state index contributed by atoms with van der Waals surface area (Å²) in [6, 6.07) is 5.54. The van der Waals surface area contributed by atoms with Crippen LogP contribution >= 0.6 is 22.6 Å². The number of Topliss-reactive ketones (excluding diaryl/α,β-unsaturated/α-hetero) is 1. The number of ketones is 1. The molecule has 7 heteroatoms. The van der Waals surface area contributed by atoms with Gasteiger partial charge >= 0.3 is 11.1 Å². The largest absolute Gasteiger partial charge is 0.462 e. The molecule has 1 aliphatic heterocycles. The van der Waals surface area contributed by atoms with Crippen LogP contribution in [0.4, 0.5) is 0 Å². The van der Waals surface area contributed by atoms with Gasteiger partial charge < -0.3 is 9.47 Å². The second-order valence-electron chi connectivity index (χ2n) is 6.38. The van der Waals surface area contributed by atoms with E-state index in [2.05, 4.69) is 22.6 Å². The van der Waals surface area contributed by atoms with Gasteiger partial charge in [-0.15, -0.1) is 0 Å². The molecule has 26 heavy (non-hydrogen) atoms. The van der Waals surface area contributed by atoms with E-state index in [1.807, 2.05) is 32.9 Å². The number of halogens is 1. The first-order valence-electron chi connectivity index (χ1n) is 8.61. The Morgan fingerprint density at radius 2 is 2.04 bits per heavy atom. The average molecular weight is 491 g/mol. The molecule has 0 amide bonds. The molecule has 1 aromatic carbocycles. The number of rotatable bonds is 7. The quantitative estimate of drug-likeness (QED) is 0.253. The molecule has 3 unspecified atom stereocenters. The highest BCUT2D eigenvalue weighted by Gasteiger charge is 2.50. The van der Waals surface area contributed by atoms with E-state index < -0.39 is 23.0 Å². The zero-order valence-corrected chi connectivity index (χ0v) is 18.4. The topological polar surface area (TPSA) is 69.7 Å². The van der Waals surface area contributed by atoms with Crippen LogP contribution in [0.5, 0.6) is 0 Å². The van der Waals surface area contributed by atoms with Gasteiger partial charge in [0.2, 0.25) is 0 Å². The molecule has 0 saturated carbocycles. The van der Waals surface area contributed by atoms with Crippen molar-refractivity contribution in [2.45, 2.75) is 51.6 Å². The number of esters is 1. The van der Waals surface area contributed by atoms with Gasteiger partial charge in [-0.3, -0.25) is 4.79 Å². The van der Waals surface area contributed by atoms with E-state index in [1.165, 1.54) is 0 Å². The van der Waals surface area contributed by atoms with Crippen LogP contribution in [-0.4, -0.2) is 40.6 Å². The Morgan fingerprint density at radius 1 is 1.35 bits per heavy atom. The maximum Gasteiger partial charge on any atom is 0.339 e. The lowest BCUT2D eigenvalue weighted by Gasteiger charge is -2.22. The summed E-state index contributed by atoms with van der Waals surface area (Å²) >= 11 is 2.15. The molecule has 1 heterocycles. The second-order valence-corrected chi connectivity index (χ2v) is 9.98. The number of carbonyl (C=O) groups is 3. The van der Waals surface area contributed by atoms with Crippen molar-refractivity contribution < 1.29 is 23.9 Å². The number of hydrogen-bond donors (Lipinski definition) is 0. The summed E-state index contributed by atoms with van der Waals surface area (Å²) in [5.74, 6) is 0.00938. The van der Waals surface area contributed by atoms with Crippen molar-refractivity contribution in [2.75, 3.05) is 12.4 Å². The van der Waals surface area contributed by atoms with E-state index in [4.69, 9.17) is 9.47 Å². The Hall–Kier alpha value is -0.930. The molecule has 1 saturated heterocycles. The van der Waals surface area contributed by atoms with Crippen LogP contribution in [-0.2, 0) is 30.0 Å². The van der Waals surface area contributed by atoms with Gasteiger partial charge in [0.15, 0.2) is 11.0 Å². The van der Waals surface area contributed by atoms with Crippen molar-refractivity contribution in [3.8, 4) is 0 Å². The van der Waals surface area contributed by atoms with Crippen LogP contribution in [0.2, 0.25) is 0 Å². The number of ether oxygens (including phenoxy) is 2. The molecular weight excluding hydrogens is 467 g/mol. The zero-order valence-electron chi connectivity index (χ0n) is 15.4. The van der Waals surface area contributed by atoms with Crippen LogP contribution in [0, 0.1) is 3.57 Å². The molecule has 0 aromatic heterocycles. The first-order valence-corrected chi connectivity index (χ1v) is 11.1. The highest BCUT2D eigenvalue weighted by Crippen LogP contribution is 2.31. The molecule has 1 fully saturated rings. The van der Waals surface area contributed by atoms with Crippen molar-refractivity contribution in [3.63, 3.8) is 0 Å². The summed E-state index contributed by atoms with van der Waals surface area (Å²) in [5, 5.41) is -0.293. The minimum Gasteiger partial charge on any atom is -0.462 e. The first-order chi connectivity index (χ1) is 12.2. The Labute approximate surface area is 170 Å². The monoisotopic (exact) mass is 491 g/mol. The molecule has 0 spiro atoms. The van der Waals surface area contributed by atoms with Gasteiger partial charge in [0.25, 0.3) is 0 Å². The summed E-state index contributed by atoms with van der Waals surface area (Å²) in [6.45, 7) is 7.69. The molecule has 0 radical (unpaired) electrons. The molecule has 0 N–H and O–H groups in total. The van der Waals surface area contributed by atoms with E-state index in [-0.39, 0.29) is 35.3 Å². The van der Waals surface area contributed by atoms with Crippen molar-refractivity contribution >= 4 is 50.4 Å². The zero-order chi connectivity index (χ0) is 19.4. The minimum absolute atomic E-state index is 0.00476. The summed E-state index contributed by atoms with van der Waals surface area (Å²) in [5.41, 5.74) is 1.17. The van der Waals surface area contributed by atoms with Crippen LogP contribution in [0.3, 0.4) is 0 Å². The van der Waals surface area contributed by atoms with Crippen molar-refractivity contribution in [1.29, 1.82) is 0 Å². The molecule has 142 valence electrons. The lowest BCUT2D eigenvalue weighted by atomic mass is 10.0. The molecule has 1 aromatic rings. The average Bonchev–Trinajstić information content (AvgIpc) is 2.80. The van der Waals surface area contributed by atoms with E-state index >= 15 is 0 Å². The molecule has 5 nitrogen and oxygen atoms in total. The fourth-order valence-corrected chi connectivity index (χ4v) is 5.53. The van der Waals surface area contributed by atoms with Crippen LogP contribution in [0.15, 0.2) is 18.2 Å². The van der Waals surface area contributed by atoms with E-state index in [1.54, 1.807) is 13.0 Å². The lowest BCUT2D eigenvalue weighted by Crippen LogP contribution is -2.30. The molecule has 0 bridgehead atoms. The Balaban J connectivity index is 2.39. The van der Waals surface area contributed by atoms with Gasteiger partial charge in [-0.25, -0.2) is 9.59 Å². The van der Waals surface area contributed by atoms with Crippen LogP contribution < -0.4 is 0 Å². The number of carbonyl (C=O) groups excluding carboxylic acids is 3. The van der Waals surface area contributed by atoms with Crippen molar-refractivity contribution in [1.82, 2.24) is 0 Å². The Morgan fingerprint density at radius 3 is 2.58 bits per heavy atom. The Kier molecular flexibility index (Phi) is 7.66. The Bertz CT molecular complexity index is 703. The molecule has 2 rings (SSSR count). The van der Waals surface area contributed by atoms with Gasteiger partial charge in [-0.1, -0.05) is 6.07 Å². The summed E-state index contributed by atoms with van der Waals surface area (Å²) in [4.78, 5) is 36.6. The predicted molar refractivity (Wildman–Crippen MR) is 110 cm³/mol. The predicted octanol–water partition coefficient (Wildman–Crippen LogP) is 3.44. The highest BCUT2D eigenvalue weighted by molar-refractivity contribution is 14.1. The highest BCUT2D eigenvalue weighted by atomic mass is 127. The third-order valence-electron chi connectivity index (χ3n) is 4.12. The third kappa shape index (κ3) is 5.07. The van der Waals surface area contributed by atoms with Gasteiger partial charge in [-0.05, 0) is 62.4 Å². The lowest BCUT2D eigenvalue weighted by molar-refractivity contribution is -0.121. The smallest absolute Gasteiger partial charge is 0.339 e. The van der Waals surface area contributed by atoms with Gasteiger partial charge in [0.1, 0.15) is 18.3 Å².